The minimum atomic E-state index is 0.982. The topological polar surface area (TPSA) is 22.2 Å². The van der Waals surface area contributed by atoms with Gasteiger partial charge in [0.25, 0.3) is 0 Å². The first-order valence-corrected chi connectivity index (χ1v) is 16.1. The first-order chi connectivity index (χ1) is 22.3. The minimum Gasteiger partial charge on any atom is -0.309 e. The molecule has 0 aliphatic rings. The van der Waals surface area contributed by atoms with Crippen molar-refractivity contribution >= 4 is 91.5 Å². The molecule has 0 radical (unpaired) electrons. The summed E-state index contributed by atoms with van der Waals surface area (Å²) in [4.78, 5) is 5.12. The van der Waals surface area contributed by atoms with Gasteiger partial charge >= 0.3 is 0 Å². The quantitative estimate of drug-likeness (QED) is 0.197. The summed E-state index contributed by atoms with van der Waals surface area (Å²) in [6.45, 7) is 0. The summed E-state index contributed by atoms with van der Waals surface area (Å²) >= 11 is 1.93. The molecule has 0 saturated carbocycles. The summed E-state index contributed by atoms with van der Waals surface area (Å²) in [6.07, 6.45) is 0. The van der Waals surface area contributed by atoms with Crippen LogP contribution in [-0.2, 0) is 0 Å². The predicted octanol–water partition coefficient (Wildman–Crippen LogP) is 11.4. The van der Waals surface area contributed by atoms with Gasteiger partial charge in [0.2, 0.25) is 0 Å². The first kappa shape index (κ1) is 23.7. The maximum Gasteiger partial charge on any atom is 0.138 e. The van der Waals surface area contributed by atoms with Crippen LogP contribution in [0.4, 0.5) is 0 Å². The van der Waals surface area contributed by atoms with Crippen LogP contribution < -0.4 is 0 Å². The third kappa shape index (κ3) is 3.02. The summed E-state index contributed by atoms with van der Waals surface area (Å²) in [5.41, 5.74) is 9.13. The van der Waals surface area contributed by atoms with E-state index in [4.69, 9.17) is 4.98 Å². The van der Waals surface area contributed by atoms with Crippen molar-refractivity contribution in [2.45, 2.75) is 0 Å². The standard InChI is InChI=1S/C41H23N3S/c1-2-10-25(11-3-1)38-39-32-23-26(18-20-28(32)33-15-8-16-36(42-38)44(33)39)43-34-14-7-6-13-31(34)37-35(43)22-21-30-29-19-17-24-9-4-5-12-27(24)40(29)45-41(30)37/h1-23H. The van der Waals surface area contributed by atoms with Crippen molar-refractivity contribution in [3.05, 3.63) is 140 Å². The zero-order valence-electron chi connectivity index (χ0n) is 24.0. The van der Waals surface area contributed by atoms with Gasteiger partial charge in [0.1, 0.15) is 5.65 Å². The summed E-state index contributed by atoms with van der Waals surface area (Å²) in [5.74, 6) is 0. The monoisotopic (exact) mass is 589 g/mol. The van der Waals surface area contributed by atoms with Crippen molar-refractivity contribution in [2.24, 2.45) is 0 Å². The number of imidazole rings is 1. The van der Waals surface area contributed by atoms with Crippen LogP contribution in [0.5, 0.6) is 0 Å². The molecule has 0 spiro atoms. The summed E-state index contributed by atoms with van der Waals surface area (Å²) < 4.78 is 7.50. The SMILES string of the molecule is c1ccc(-c2nc3cccc4c5ccc(-n6c7ccccc7c7c8sc9c%10ccccc%10ccc9c8ccc76)cc5c2n34)cc1. The average molecular weight is 590 g/mol. The van der Waals surface area contributed by atoms with Gasteiger partial charge in [0.15, 0.2) is 0 Å². The number of aromatic nitrogens is 3. The highest BCUT2D eigenvalue weighted by molar-refractivity contribution is 7.27. The highest BCUT2D eigenvalue weighted by atomic mass is 32.1. The molecule has 0 unspecified atom stereocenters. The van der Waals surface area contributed by atoms with E-state index in [1.807, 2.05) is 11.3 Å². The van der Waals surface area contributed by atoms with Gasteiger partial charge in [0.05, 0.1) is 27.8 Å². The van der Waals surface area contributed by atoms with Crippen LogP contribution in [0.25, 0.3) is 97.1 Å². The maximum atomic E-state index is 5.12. The number of benzene rings is 6. The zero-order valence-corrected chi connectivity index (χ0v) is 24.8. The number of para-hydroxylation sites is 1. The Hall–Kier alpha value is -5.71. The Morgan fingerprint density at radius 1 is 0.489 bits per heavy atom. The lowest BCUT2D eigenvalue weighted by Crippen LogP contribution is -1.93. The molecule has 0 amide bonds. The third-order valence-corrected chi connectivity index (χ3v) is 10.9. The minimum absolute atomic E-state index is 0.982. The zero-order chi connectivity index (χ0) is 29.2. The average Bonchev–Trinajstić information content (AvgIpc) is 3.85. The molecule has 11 rings (SSSR count). The molecule has 11 aromatic rings. The first-order valence-electron chi connectivity index (χ1n) is 15.3. The molecule has 0 aliphatic carbocycles. The van der Waals surface area contributed by atoms with E-state index in [1.54, 1.807) is 0 Å². The lowest BCUT2D eigenvalue weighted by Gasteiger charge is -2.09. The van der Waals surface area contributed by atoms with Crippen molar-refractivity contribution in [3.63, 3.8) is 0 Å². The normalized spacial score (nSPS) is 12.4. The largest absolute Gasteiger partial charge is 0.309 e. The maximum absolute atomic E-state index is 5.12. The molecular formula is C41H23N3S. The Balaban J connectivity index is 1.25. The van der Waals surface area contributed by atoms with Crippen LogP contribution in [0, 0.1) is 0 Å². The molecule has 4 heteroatoms. The molecule has 45 heavy (non-hydrogen) atoms. The van der Waals surface area contributed by atoms with Gasteiger partial charge in [-0.1, -0.05) is 103 Å². The molecule has 0 bridgehead atoms. The highest BCUT2D eigenvalue weighted by Gasteiger charge is 2.21. The van der Waals surface area contributed by atoms with Crippen LogP contribution in [0.2, 0.25) is 0 Å². The summed E-state index contributed by atoms with van der Waals surface area (Å²) in [7, 11) is 0. The Morgan fingerprint density at radius 3 is 2.18 bits per heavy atom. The molecule has 0 saturated heterocycles. The van der Waals surface area contributed by atoms with Gasteiger partial charge in [-0.2, -0.15) is 0 Å². The van der Waals surface area contributed by atoms with E-state index >= 15 is 0 Å². The van der Waals surface area contributed by atoms with E-state index in [-0.39, 0.29) is 0 Å². The summed E-state index contributed by atoms with van der Waals surface area (Å²) in [5, 5.41) is 10.4. The van der Waals surface area contributed by atoms with Gasteiger partial charge in [-0.25, -0.2) is 4.98 Å². The molecule has 208 valence electrons. The van der Waals surface area contributed by atoms with Crippen molar-refractivity contribution in [2.75, 3.05) is 0 Å². The molecule has 0 fully saturated rings. The van der Waals surface area contributed by atoms with Crippen LogP contribution in [0.1, 0.15) is 0 Å². The number of rotatable bonds is 2. The smallest absolute Gasteiger partial charge is 0.138 e. The van der Waals surface area contributed by atoms with E-state index in [2.05, 4.69) is 148 Å². The molecule has 3 nitrogen and oxygen atoms in total. The lowest BCUT2D eigenvalue weighted by molar-refractivity contribution is 1.19. The predicted molar refractivity (Wildman–Crippen MR) is 192 cm³/mol. The van der Waals surface area contributed by atoms with Gasteiger partial charge < -0.3 is 4.57 Å². The van der Waals surface area contributed by atoms with Crippen molar-refractivity contribution in [3.8, 4) is 16.9 Å². The number of fused-ring (bicyclic) bond motifs is 12. The molecule has 6 aromatic carbocycles. The second-order valence-corrected chi connectivity index (χ2v) is 13.0. The van der Waals surface area contributed by atoms with Gasteiger partial charge in [-0.15, -0.1) is 11.3 Å². The van der Waals surface area contributed by atoms with E-state index < -0.39 is 0 Å². The van der Waals surface area contributed by atoms with Crippen molar-refractivity contribution < 1.29 is 0 Å². The molecule has 0 atom stereocenters. The van der Waals surface area contributed by atoms with Crippen molar-refractivity contribution in [1.82, 2.24) is 14.0 Å². The van der Waals surface area contributed by atoms with Gasteiger partial charge in [0, 0.05) is 53.0 Å². The van der Waals surface area contributed by atoms with Gasteiger partial charge in [-0.3, -0.25) is 4.40 Å². The van der Waals surface area contributed by atoms with Gasteiger partial charge in [-0.05, 0) is 47.2 Å². The fourth-order valence-electron chi connectivity index (χ4n) is 7.73. The number of thiophene rings is 1. The van der Waals surface area contributed by atoms with Crippen LogP contribution in [0.15, 0.2) is 140 Å². The van der Waals surface area contributed by atoms with E-state index in [9.17, 15) is 0 Å². The molecule has 0 N–H and O–H groups in total. The number of pyridine rings is 1. The third-order valence-electron chi connectivity index (χ3n) is 9.65. The fraction of sp³-hybridized carbons (Fsp3) is 0. The second-order valence-electron chi connectivity index (χ2n) is 12.0. The Labute approximate surface area is 261 Å². The van der Waals surface area contributed by atoms with E-state index in [1.165, 1.54) is 74.6 Å². The molecule has 5 heterocycles. The summed E-state index contributed by atoms with van der Waals surface area (Å²) in [6, 6.07) is 50.8. The van der Waals surface area contributed by atoms with Crippen molar-refractivity contribution in [1.29, 1.82) is 0 Å². The van der Waals surface area contributed by atoms with E-state index in [0.29, 0.717) is 0 Å². The second kappa shape index (κ2) is 8.47. The molecular weight excluding hydrogens is 567 g/mol. The Morgan fingerprint density at radius 2 is 1.24 bits per heavy atom. The lowest BCUT2D eigenvalue weighted by atomic mass is 10.0. The fourth-order valence-corrected chi connectivity index (χ4v) is 9.12. The van der Waals surface area contributed by atoms with Crippen LogP contribution in [0.3, 0.4) is 0 Å². The van der Waals surface area contributed by atoms with E-state index in [0.717, 1.165) is 22.6 Å². The Bertz CT molecular complexity index is 2980. The molecule has 0 aliphatic heterocycles. The number of hydrogen-bond donors (Lipinski definition) is 0. The number of hydrogen-bond acceptors (Lipinski definition) is 2. The van der Waals surface area contributed by atoms with Crippen LogP contribution >= 0.6 is 11.3 Å². The Kier molecular flexibility index (Phi) is 4.46. The number of nitrogens with zero attached hydrogens (tertiary/aromatic N) is 3. The van der Waals surface area contributed by atoms with Crippen LogP contribution in [-0.4, -0.2) is 14.0 Å². The molecule has 5 aromatic heterocycles. The highest BCUT2D eigenvalue weighted by Crippen LogP contribution is 2.46.